The minimum absolute atomic E-state index is 0.0544. The Morgan fingerprint density at radius 1 is 1.37 bits per heavy atom. The third kappa shape index (κ3) is 5.70. The standard InChI is InChI=1S/C16H26O3/c1-5-18-13(4)19-11-14-7-6-8-16(17)15(14)10-9-12(2)3/h6,8-10,12-15H,5,7,11H2,1-4H3/b10-9-/t13?,14-,15-/m1/s1. The highest BCUT2D eigenvalue weighted by atomic mass is 16.7. The molecule has 0 heterocycles. The van der Waals surface area contributed by atoms with Crippen LogP contribution in [0.2, 0.25) is 0 Å². The van der Waals surface area contributed by atoms with Crippen LogP contribution in [0.3, 0.4) is 0 Å². The molecule has 1 rings (SSSR count). The number of ether oxygens (including phenoxy) is 2. The molecule has 0 saturated carbocycles. The number of allylic oxidation sites excluding steroid dienone is 4. The number of rotatable bonds is 7. The summed E-state index contributed by atoms with van der Waals surface area (Å²) in [5, 5.41) is 0. The highest BCUT2D eigenvalue weighted by Gasteiger charge is 2.27. The molecule has 1 aliphatic rings. The van der Waals surface area contributed by atoms with Gasteiger partial charge in [0.05, 0.1) is 6.61 Å². The molecule has 108 valence electrons. The Bertz CT molecular complexity index is 331. The lowest BCUT2D eigenvalue weighted by Gasteiger charge is -2.26. The summed E-state index contributed by atoms with van der Waals surface area (Å²) in [6.07, 6.45) is 8.45. The van der Waals surface area contributed by atoms with E-state index in [1.165, 1.54) is 0 Å². The van der Waals surface area contributed by atoms with Crippen LogP contribution >= 0.6 is 0 Å². The van der Waals surface area contributed by atoms with E-state index in [9.17, 15) is 4.79 Å². The Kier molecular flexibility index (Phi) is 7.03. The Morgan fingerprint density at radius 3 is 2.74 bits per heavy atom. The second kappa shape index (κ2) is 8.28. The molecule has 0 aromatic heterocycles. The molecule has 0 fully saturated rings. The van der Waals surface area contributed by atoms with E-state index in [1.807, 2.05) is 26.0 Å². The third-order valence-corrected chi connectivity index (χ3v) is 3.21. The van der Waals surface area contributed by atoms with Gasteiger partial charge in [0.1, 0.15) is 0 Å². The number of ketones is 1. The summed E-state index contributed by atoms with van der Waals surface area (Å²) in [6.45, 7) is 9.26. The van der Waals surface area contributed by atoms with E-state index in [4.69, 9.17) is 9.47 Å². The van der Waals surface area contributed by atoms with Crippen LogP contribution < -0.4 is 0 Å². The van der Waals surface area contributed by atoms with Gasteiger partial charge in [0, 0.05) is 12.5 Å². The number of carbonyl (C=O) groups excluding carboxylic acids is 1. The summed E-state index contributed by atoms with van der Waals surface area (Å²) in [7, 11) is 0. The van der Waals surface area contributed by atoms with Crippen LogP contribution in [-0.4, -0.2) is 25.3 Å². The van der Waals surface area contributed by atoms with Crippen molar-refractivity contribution in [2.45, 2.75) is 40.4 Å². The van der Waals surface area contributed by atoms with Crippen LogP contribution in [0.5, 0.6) is 0 Å². The first-order valence-corrected chi connectivity index (χ1v) is 7.16. The minimum atomic E-state index is -0.208. The van der Waals surface area contributed by atoms with Gasteiger partial charge in [0.25, 0.3) is 0 Å². The summed E-state index contributed by atoms with van der Waals surface area (Å²) in [6, 6.07) is 0. The molecule has 0 bridgehead atoms. The van der Waals surface area contributed by atoms with Gasteiger partial charge < -0.3 is 9.47 Å². The normalized spacial score (nSPS) is 25.4. The topological polar surface area (TPSA) is 35.5 Å². The van der Waals surface area contributed by atoms with E-state index in [1.54, 1.807) is 6.08 Å². The maximum absolute atomic E-state index is 12.0. The lowest BCUT2D eigenvalue weighted by atomic mass is 9.82. The molecule has 3 nitrogen and oxygen atoms in total. The fourth-order valence-electron chi connectivity index (χ4n) is 2.16. The van der Waals surface area contributed by atoms with Crippen molar-refractivity contribution in [2.75, 3.05) is 13.2 Å². The monoisotopic (exact) mass is 266 g/mol. The van der Waals surface area contributed by atoms with E-state index in [2.05, 4.69) is 19.9 Å². The quantitative estimate of drug-likeness (QED) is 0.523. The van der Waals surface area contributed by atoms with Crippen LogP contribution in [0, 0.1) is 17.8 Å². The summed E-state index contributed by atoms with van der Waals surface area (Å²) >= 11 is 0. The van der Waals surface area contributed by atoms with Gasteiger partial charge in [-0.25, -0.2) is 0 Å². The predicted molar refractivity (Wildman–Crippen MR) is 76.8 cm³/mol. The molecule has 3 heteroatoms. The average Bonchev–Trinajstić information content (AvgIpc) is 2.35. The highest BCUT2D eigenvalue weighted by Crippen LogP contribution is 2.25. The van der Waals surface area contributed by atoms with E-state index in [-0.39, 0.29) is 23.9 Å². The second-order valence-corrected chi connectivity index (χ2v) is 5.31. The van der Waals surface area contributed by atoms with Crippen molar-refractivity contribution in [3.8, 4) is 0 Å². The average molecular weight is 266 g/mol. The minimum Gasteiger partial charge on any atom is -0.353 e. The van der Waals surface area contributed by atoms with E-state index in [0.717, 1.165) is 6.42 Å². The molecule has 0 saturated heterocycles. The molecule has 0 spiro atoms. The van der Waals surface area contributed by atoms with Gasteiger partial charge in [-0.3, -0.25) is 4.79 Å². The lowest BCUT2D eigenvalue weighted by molar-refractivity contribution is -0.141. The van der Waals surface area contributed by atoms with Crippen molar-refractivity contribution in [1.82, 2.24) is 0 Å². The van der Waals surface area contributed by atoms with Crippen molar-refractivity contribution in [3.05, 3.63) is 24.3 Å². The maximum atomic E-state index is 12.0. The van der Waals surface area contributed by atoms with Gasteiger partial charge in [0.15, 0.2) is 12.1 Å². The molecular formula is C16H26O3. The summed E-state index contributed by atoms with van der Waals surface area (Å²) < 4.78 is 11.0. The van der Waals surface area contributed by atoms with Gasteiger partial charge in [0.2, 0.25) is 0 Å². The molecule has 0 aromatic carbocycles. The Labute approximate surface area is 116 Å². The molecular weight excluding hydrogens is 240 g/mol. The smallest absolute Gasteiger partial charge is 0.162 e. The van der Waals surface area contributed by atoms with Crippen LogP contribution in [0.15, 0.2) is 24.3 Å². The van der Waals surface area contributed by atoms with Crippen molar-refractivity contribution >= 4 is 5.78 Å². The summed E-state index contributed by atoms with van der Waals surface area (Å²) in [5.74, 6) is 0.806. The van der Waals surface area contributed by atoms with E-state index >= 15 is 0 Å². The molecule has 0 N–H and O–H groups in total. The third-order valence-electron chi connectivity index (χ3n) is 3.21. The Morgan fingerprint density at radius 2 is 2.11 bits per heavy atom. The zero-order valence-corrected chi connectivity index (χ0v) is 12.5. The fraction of sp³-hybridized carbons (Fsp3) is 0.688. The zero-order chi connectivity index (χ0) is 14.3. The lowest BCUT2D eigenvalue weighted by Crippen LogP contribution is -2.29. The number of hydrogen-bond donors (Lipinski definition) is 0. The van der Waals surface area contributed by atoms with Crippen LogP contribution in [0.1, 0.15) is 34.1 Å². The molecule has 0 aliphatic heterocycles. The SMILES string of the molecule is CCOC(C)OC[C@H]1CC=CC(=O)[C@@H]1/C=C\C(C)C. The van der Waals surface area contributed by atoms with Gasteiger partial charge >= 0.3 is 0 Å². The van der Waals surface area contributed by atoms with Crippen molar-refractivity contribution in [1.29, 1.82) is 0 Å². The first-order chi connectivity index (χ1) is 9.04. The van der Waals surface area contributed by atoms with Gasteiger partial charge in [-0.15, -0.1) is 0 Å². The van der Waals surface area contributed by atoms with Crippen molar-refractivity contribution < 1.29 is 14.3 Å². The van der Waals surface area contributed by atoms with E-state index in [0.29, 0.717) is 19.1 Å². The van der Waals surface area contributed by atoms with Gasteiger partial charge in [-0.2, -0.15) is 0 Å². The van der Waals surface area contributed by atoms with Crippen molar-refractivity contribution in [3.63, 3.8) is 0 Å². The largest absolute Gasteiger partial charge is 0.353 e. The molecule has 0 amide bonds. The number of carbonyl (C=O) groups is 1. The van der Waals surface area contributed by atoms with E-state index < -0.39 is 0 Å². The van der Waals surface area contributed by atoms with Gasteiger partial charge in [-0.1, -0.05) is 32.1 Å². The Balaban J connectivity index is 2.58. The van der Waals surface area contributed by atoms with Crippen LogP contribution in [0.4, 0.5) is 0 Å². The molecule has 1 aliphatic carbocycles. The first-order valence-electron chi connectivity index (χ1n) is 7.16. The van der Waals surface area contributed by atoms with Crippen molar-refractivity contribution in [2.24, 2.45) is 17.8 Å². The maximum Gasteiger partial charge on any atom is 0.162 e. The molecule has 0 aromatic rings. The summed E-state index contributed by atoms with van der Waals surface area (Å²) in [5.41, 5.74) is 0. The summed E-state index contributed by atoms with van der Waals surface area (Å²) in [4.78, 5) is 12.0. The fourth-order valence-corrected chi connectivity index (χ4v) is 2.16. The zero-order valence-electron chi connectivity index (χ0n) is 12.5. The van der Waals surface area contributed by atoms with Crippen LogP contribution in [0.25, 0.3) is 0 Å². The second-order valence-electron chi connectivity index (χ2n) is 5.31. The molecule has 0 radical (unpaired) electrons. The molecule has 3 atom stereocenters. The molecule has 1 unspecified atom stereocenters. The predicted octanol–water partition coefficient (Wildman–Crippen LogP) is 3.36. The van der Waals surface area contributed by atoms with Gasteiger partial charge in [-0.05, 0) is 38.2 Å². The first kappa shape index (κ1) is 16.1. The van der Waals surface area contributed by atoms with Crippen LogP contribution in [-0.2, 0) is 14.3 Å². The molecule has 19 heavy (non-hydrogen) atoms. The highest BCUT2D eigenvalue weighted by molar-refractivity contribution is 5.94. The number of hydrogen-bond acceptors (Lipinski definition) is 3. The Hall–Kier alpha value is -0.930.